The van der Waals surface area contributed by atoms with E-state index in [0.29, 0.717) is 12.8 Å². The lowest BCUT2D eigenvalue weighted by atomic mass is 10.2. The SMILES string of the molecule is CS(=O)(=O)Nc1cncc(OC2CC2)c1C(F)(F)F. The minimum Gasteiger partial charge on any atom is -0.488 e. The second kappa shape index (κ2) is 4.55. The summed E-state index contributed by atoms with van der Waals surface area (Å²) < 4.78 is 68.1. The van der Waals surface area contributed by atoms with Gasteiger partial charge in [0.1, 0.15) is 5.56 Å². The van der Waals surface area contributed by atoms with Crippen LogP contribution in [0, 0.1) is 0 Å². The Balaban J connectivity index is 2.46. The molecule has 1 aromatic rings. The standard InChI is InChI=1S/C10H11F3N2O3S/c1-19(16,17)15-7-4-14-5-8(18-6-2-3-6)9(7)10(11,12)13/h4-6,15H,2-3H2,1H3. The molecule has 1 saturated carbocycles. The van der Waals surface area contributed by atoms with Crippen LogP contribution < -0.4 is 9.46 Å². The Bertz CT molecular complexity index is 582. The summed E-state index contributed by atoms with van der Waals surface area (Å²) in [6, 6.07) is 0. The Kier molecular flexibility index (Phi) is 3.33. The lowest BCUT2D eigenvalue weighted by Gasteiger charge is -2.17. The molecule has 1 aliphatic carbocycles. The van der Waals surface area contributed by atoms with E-state index in [1.54, 1.807) is 4.72 Å². The van der Waals surface area contributed by atoms with Crippen molar-refractivity contribution in [3.05, 3.63) is 18.0 Å². The number of ether oxygens (including phenoxy) is 1. The topological polar surface area (TPSA) is 68.3 Å². The monoisotopic (exact) mass is 296 g/mol. The van der Waals surface area contributed by atoms with Gasteiger partial charge in [-0.15, -0.1) is 0 Å². The van der Waals surface area contributed by atoms with E-state index in [4.69, 9.17) is 4.74 Å². The highest BCUT2D eigenvalue weighted by Gasteiger charge is 2.39. The third kappa shape index (κ3) is 3.72. The van der Waals surface area contributed by atoms with Crippen molar-refractivity contribution in [2.24, 2.45) is 0 Å². The molecule has 9 heteroatoms. The van der Waals surface area contributed by atoms with E-state index in [9.17, 15) is 21.6 Å². The van der Waals surface area contributed by atoms with Gasteiger partial charge in [-0.25, -0.2) is 8.42 Å². The molecule has 1 fully saturated rings. The van der Waals surface area contributed by atoms with Gasteiger partial charge in [-0.3, -0.25) is 9.71 Å². The molecular weight excluding hydrogens is 285 g/mol. The van der Waals surface area contributed by atoms with Crippen molar-refractivity contribution in [3.8, 4) is 5.75 Å². The minimum absolute atomic E-state index is 0.253. The molecular formula is C10H11F3N2O3S. The van der Waals surface area contributed by atoms with Crippen LogP contribution >= 0.6 is 0 Å². The predicted molar refractivity (Wildman–Crippen MR) is 61.4 cm³/mol. The van der Waals surface area contributed by atoms with Crippen LogP contribution in [-0.4, -0.2) is 25.8 Å². The van der Waals surface area contributed by atoms with Crippen molar-refractivity contribution in [1.82, 2.24) is 4.98 Å². The number of nitrogens with zero attached hydrogens (tertiary/aromatic N) is 1. The summed E-state index contributed by atoms with van der Waals surface area (Å²) in [5, 5.41) is 0. The molecule has 1 heterocycles. The fraction of sp³-hybridized carbons (Fsp3) is 0.500. The van der Waals surface area contributed by atoms with E-state index in [0.717, 1.165) is 18.6 Å². The third-order valence-corrected chi connectivity index (χ3v) is 2.90. The van der Waals surface area contributed by atoms with Gasteiger partial charge in [-0.05, 0) is 12.8 Å². The summed E-state index contributed by atoms with van der Waals surface area (Å²) in [4.78, 5) is 3.57. The van der Waals surface area contributed by atoms with Gasteiger partial charge in [-0.2, -0.15) is 13.2 Å². The lowest BCUT2D eigenvalue weighted by Crippen LogP contribution is -2.17. The van der Waals surface area contributed by atoms with Crippen LogP contribution in [0.3, 0.4) is 0 Å². The number of alkyl halides is 3. The lowest BCUT2D eigenvalue weighted by molar-refractivity contribution is -0.138. The van der Waals surface area contributed by atoms with Gasteiger partial charge in [0.25, 0.3) is 0 Å². The van der Waals surface area contributed by atoms with E-state index in [1.165, 1.54) is 0 Å². The highest BCUT2D eigenvalue weighted by atomic mass is 32.2. The van der Waals surface area contributed by atoms with Gasteiger partial charge in [0.15, 0.2) is 5.75 Å². The predicted octanol–water partition coefficient (Wildman–Crippen LogP) is 2.01. The first-order chi connectivity index (χ1) is 8.67. The first-order valence-corrected chi connectivity index (χ1v) is 7.25. The van der Waals surface area contributed by atoms with Crippen molar-refractivity contribution >= 4 is 15.7 Å². The van der Waals surface area contributed by atoms with Gasteiger partial charge < -0.3 is 4.74 Å². The summed E-state index contributed by atoms with van der Waals surface area (Å²) >= 11 is 0. The molecule has 0 saturated heterocycles. The quantitative estimate of drug-likeness (QED) is 0.923. The number of sulfonamides is 1. The van der Waals surface area contributed by atoms with Gasteiger partial charge in [0.05, 0.1) is 30.4 Å². The zero-order chi connectivity index (χ0) is 14.3. The normalized spacial score (nSPS) is 16.2. The van der Waals surface area contributed by atoms with Crippen molar-refractivity contribution in [2.75, 3.05) is 11.0 Å². The Morgan fingerprint density at radius 3 is 2.47 bits per heavy atom. The van der Waals surface area contributed by atoms with Crippen molar-refractivity contribution in [2.45, 2.75) is 25.1 Å². The molecule has 106 valence electrons. The second-order valence-corrected chi connectivity index (χ2v) is 6.00. The van der Waals surface area contributed by atoms with E-state index < -0.39 is 33.2 Å². The molecule has 0 bridgehead atoms. The molecule has 0 radical (unpaired) electrons. The van der Waals surface area contributed by atoms with E-state index >= 15 is 0 Å². The zero-order valence-corrected chi connectivity index (χ0v) is 10.7. The van der Waals surface area contributed by atoms with Crippen LogP contribution in [0.5, 0.6) is 5.75 Å². The van der Waals surface area contributed by atoms with Crippen molar-refractivity contribution in [1.29, 1.82) is 0 Å². The first-order valence-electron chi connectivity index (χ1n) is 5.36. The number of hydrogen-bond donors (Lipinski definition) is 1. The van der Waals surface area contributed by atoms with Gasteiger partial charge in [0.2, 0.25) is 10.0 Å². The maximum absolute atomic E-state index is 13.0. The van der Waals surface area contributed by atoms with E-state index in [-0.39, 0.29) is 6.10 Å². The Hall–Kier alpha value is -1.51. The molecule has 1 N–H and O–H groups in total. The van der Waals surface area contributed by atoms with Gasteiger partial charge in [0, 0.05) is 0 Å². The molecule has 2 rings (SSSR count). The number of anilines is 1. The Morgan fingerprint density at radius 1 is 1.37 bits per heavy atom. The highest BCUT2D eigenvalue weighted by molar-refractivity contribution is 7.92. The number of halogens is 3. The van der Waals surface area contributed by atoms with Crippen LogP contribution in [0.4, 0.5) is 18.9 Å². The van der Waals surface area contributed by atoms with Gasteiger partial charge in [-0.1, -0.05) is 0 Å². The van der Waals surface area contributed by atoms with Gasteiger partial charge >= 0.3 is 6.18 Å². The molecule has 0 aliphatic heterocycles. The van der Waals surface area contributed by atoms with Crippen molar-refractivity contribution < 1.29 is 26.3 Å². The first kappa shape index (κ1) is 13.9. The highest BCUT2D eigenvalue weighted by Crippen LogP contribution is 2.42. The van der Waals surface area contributed by atoms with Crippen molar-refractivity contribution in [3.63, 3.8) is 0 Å². The van der Waals surface area contributed by atoms with Crippen LogP contribution in [0.15, 0.2) is 12.4 Å². The van der Waals surface area contributed by atoms with Crippen LogP contribution in [-0.2, 0) is 16.2 Å². The number of hydrogen-bond acceptors (Lipinski definition) is 4. The van der Waals surface area contributed by atoms with E-state index in [1.807, 2.05) is 0 Å². The number of rotatable bonds is 4. The molecule has 0 unspecified atom stereocenters. The summed E-state index contributed by atoms with van der Waals surface area (Å²) in [6.45, 7) is 0. The maximum Gasteiger partial charge on any atom is 0.422 e. The molecule has 0 amide bonds. The molecule has 5 nitrogen and oxygen atoms in total. The molecule has 0 atom stereocenters. The van der Waals surface area contributed by atoms with Crippen LogP contribution in [0.25, 0.3) is 0 Å². The summed E-state index contributed by atoms with van der Waals surface area (Å²) in [6.07, 6.45) is -1.11. The summed E-state index contributed by atoms with van der Waals surface area (Å²) in [7, 11) is -3.84. The molecule has 1 aliphatic rings. The number of nitrogens with one attached hydrogen (secondary N) is 1. The minimum atomic E-state index is -4.74. The maximum atomic E-state index is 13.0. The fourth-order valence-corrected chi connectivity index (χ4v) is 2.02. The molecule has 0 aromatic carbocycles. The largest absolute Gasteiger partial charge is 0.488 e. The van der Waals surface area contributed by atoms with Crippen LogP contribution in [0.2, 0.25) is 0 Å². The molecule has 19 heavy (non-hydrogen) atoms. The number of aromatic nitrogens is 1. The summed E-state index contributed by atoms with van der Waals surface area (Å²) in [5.41, 5.74) is -1.78. The second-order valence-electron chi connectivity index (χ2n) is 4.25. The average molecular weight is 296 g/mol. The zero-order valence-electron chi connectivity index (χ0n) is 9.86. The smallest absolute Gasteiger partial charge is 0.422 e. The summed E-state index contributed by atoms with van der Waals surface area (Å²) in [5.74, 6) is -0.455. The number of pyridine rings is 1. The average Bonchev–Trinajstić information content (AvgIpc) is 2.97. The molecule has 1 aromatic heterocycles. The van der Waals surface area contributed by atoms with Crippen LogP contribution in [0.1, 0.15) is 18.4 Å². The Morgan fingerprint density at radius 2 is 2.00 bits per heavy atom. The van der Waals surface area contributed by atoms with E-state index in [2.05, 4.69) is 4.98 Å². The third-order valence-electron chi connectivity index (χ3n) is 2.31. The molecule has 0 spiro atoms. The Labute approximate surface area is 107 Å². The fourth-order valence-electron chi connectivity index (χ4n) is 1.47.